The van der Waals surface area contributed by atoms with E-state index in [1.54, 1.807) is 0 Å². The Morgan fingerprint density at radius 1 is 1.00 bits per heavy atom. The van der Waals surface area contributed by atoms with Crippen molar-refractivity contribution in [1.29, 1.82) is 0 Å². The van der Waals surface area contributed by atoms with Crippen LogP contribution in [0.2, 0.25) is 0 Å². The molecule has 1 atom stereocenters. The van der Waals surface area contributed by atoms with E-state index in [4.69, 9.17) is 0 Å². The lowest BCUT2D eigenvalue weighted by atomic mass is 9.94. The summed E-state index contributed by atoms with van der Waals surface area (Å²) >= 11 is 0. The molecule has 3 rings (SSSR count). The predicted molar refractivity (Wildman–Crippen MR) is 81.8 cm³/mol. The first-order valence-corrected chi connectivity index (χ1v) is 7.32. The molecule has 2 aromatic rings. The highest BCUT2D eigenvalue weighted by Crippen LogP contribution is 2.32. The van der Waals surface area contributed by atoms with Crippen molar-refractivity contribution in [3.05, 3.63) is 70.8 Å². The van der Waals surface area contributed by atoms with Gasteiger partial charge in [0.25, 0.3) is 0 Å². The lowest BCUT2D eigenvalue weighted by Crippen LogP contribution is -2.34. The second-order valence-corrected chi connectivity index (χ2v) is 5.58. The fourth-order valence-electron chi connectivity index (χ4n) is 3.04. The van der Waals surface area contributed by atoms with Crippen LogP contribution >= 0.6 is 0 Å². The van der Waals surface area contributed by atoms with Gasteiger partial charge in [0.1, 0.15) is 0 Å². The molecule has 2 aromatic carbocycles. The van der Waals surface area contributed by atoms with Crippen LogP contribution in [-0.2, 0) is 12.8 Å². The van der Waals surface area contributed by atoms with Crippen LogP contribution in [0, 0.1) is 0 Å². The van der Waals surface area contributed by atoms with Crippen LogP contribution in [0.25, 0.3) is 0 Å². The van der Waals surface area contributed by atoms with E-state index in [0.29, 0.717) is 0 Å². The van der Waals surface area contributed by atoms with Crippen molar-refractivity contribution in [3.63, 3.8) is 0 Å². The van der Waals surface area contributed by atoms with Gasteiger partial charge in [0, 0.05) is 6.04 Å². The zero-order valence-electron chi connectivity index (χ0n) is 11.8. The van der Waals surface area contributed by atoms with Crippen LogP contribution in [0.15, 0.2) is 48.5 Å². The molecule has 2 heteroatoms. The van der Waals surface area contributed by atoms with Crippen molar-refractivity contribution in [2.75, 3.05) is 6.61 Å². The van der Waals surface area contributed by atoms with E-state index in [1.165, 1.54) is 22.3 Å². The highest BCUT2D eigenvalue weighted by atomic mass is 16.3. The molecule has 1 aliphatic carbocycles. The molecule has 1 aliphatic rings. The molecule has 20 heavy (non-hydrogen) atoms. The fourth-order valence-corrected chi connectivity index (χ4v) is 3.04. The zero-order chi connectivity index (χ0) is 13.9. The van der Waals surface area contributed by atoms with E-state index in [-0.39, 0.29) is 18.7 Å². The first kappa shape index (κ1) is 13.3. The van der Waals surface area contributed by atoms with E-state index in [1.807, 2.05) is 6.92 Å². The molecule has 2 nitrogen and oxygen atoms in total. The fraction of sp³-hybridized carbons (Fsp3) is 0.333. The Hall–Kier alpha value is -1.64. The highest BCUT2D eigenvalue weighted by Gasteiger charge is 2.23. The summed E-state index contributed by atoms with van der Waals surface area (Å²) in [4.78, 5) is 0. The maximum Gasteiger partial charge on any atom is 0.0584 e. The molecule has 0 aliphatic heterocycles. The Morgan fingerprint density at radius 2 is 1.50 bits per heavy atom. The summed E-state index contributed by atoms with van der Waals surface area (Å²) in [6, 6.07) is 17.5. The number of benzene rings is 2. The standard InChI is InChI=1S/C18H21NO/c1-13(12-20)19-18-16-8-4-2-6-14(16)10-11-15-7-3-5-9-17(15)18/h2-9,13,18-20H,10-12H2,1H3/t13-/m1/s1. The molecule has 0 amide bonds. The maximum absolute atomic E-state index is 9.37. The second-order valence-electron chi connectivity index (χ2n) is 5.58. The molecule has 0 radical (unpaired) electrons. The molecule has 0 aromatic heterocycles. The first-order valence-electron chi connectivity index (χ1n) is 7.32. The molecular formula is C18H21NO. The Morgan fingerprint density at radius 3 is 2.00 bits per heavy atom. The normalized spacial score (nSPS) is 16.1. The number of aliphatic hydroxyl groups excluding tert-OH is 1. The third kappa shape index (κ3) is 2.49. The van der Waals surface area contributed by atoms with E-state index in [9.17, 15) is 5.11 Å². The molecular weight excluding hydrogens is 246 g/mol. The van der Waals surface area contributed by atoms with Gasteiger partial charge in [-0.2, -0.15) is 0 Å². The predicted octanol–water partition coefficient (Wildman–Crippen LogP) is 2.85. The number of rotatable bonds is 3. The smallest absolute Gasteiger partial charge is 0.0584 e. The van der Waals surface area contributed by atoms with Gasteiger partial charge >= 0.3 is 0 Å². The molecule has 0 spiro atoms. The summed E-state index contributed by atoms with van der Waals surface area (Å²) in [5, 5.41) is 12.9. The van der Waals surface area contributed by atoms with Crippen molar-refractivity contribution in [2.24, 2.45) is 0 Å². The van der Waals surface area contributed by atoms with Crippen LogP contribution in [0.4, 0.5) is 0 Å². The van der Waals surface area contributed by atoms with Crippen molar-refractivity contribution < 1.29 is 5.11 Å². The summed E-state index contributed by atoms with van der Waals surface area (Å²) in [5.74, 6) is 0. The number of aliphatic hydroxyl groups is 1. The third-order valence-corrected chi connectivity index (χ3v) is 4.12. The van der Waals surface area contributed by atoms with Gasteiger partial charge in [-0.15, -0.1) is 0 Å². The van der Waals surface area contributed by atoms with Crippen LogP contribution in [0.5, 0.6) is 0 Å². The molecule has 0 saturated carbocycles. The summed E-state index contributed by atoms with van der Waals surface area (Å²) in [6.45, 7) is 2.18. The summed E-state index contributed by atoms with van der Waals surface area (Å²) < 4.78 is 0. The van der Waals surface area contributed by atoms with Gasteiger partial charge in [0.15, 0.2) is 0 Å². The van der Waals surface area contributed by atoms with Gasteiger partial charge in [-0.3, -0.25) is 0 Å². The number of nitrogens with one attached hydrogen (secondary N) is 1. The lowest BCUT2D eigenvalue weighted by Gasteiger charge is -2.25. The Bertz CT molecular complexity index is 546. The van der Waals surface area contributed by atoms with Gasteiger partial charge in [-0.25, -0.2) is 0 Å². The van der Waals surface area contributed by atoms with Crippen molar-refractivity contribution in [3.8, 4) is 0 Å². The van der Waals surface area contributed by atoms with Crippen LogP contribution in [-0.4, -0.2) is 17.8 Å². The molecule has 0 heterocycles. The quantitative estimate of drug-likeness (QED) is 0.896. The largest absolute Gasteiger partial charge is 0.395 e. The topological polar surface area (TPSA) is 32.3 Å². The molecule has 104 valence electrons. The number of fused-ring (bicyclic) bond motifs is 2. The number of aryl methyl sites for hydroxylation is 2. The summed E-state index contributed by atoms with van der Waals surface area (Å²) in [6.07, 6.45) is 2.16. The van der Waals surface area contributed by atoms with Gasteiger partial charge in [-0.1, -0.05) is 48.5 Å². The van der Waals surface area contributed by atoms with Crippen molar-refractivity contribution >= 4 is 0 Å². The van der Waals surface area contributed by atoms with E-state index >= 15 is 0 Å². The van der Waals surface area contributed by atoms with Gasteiger partial charge in [-0.05, 0) is 42.0 Å². The molecule has 0 fully saturated rings. The average molecular weight is 267 g/mol. The van der Waals surface area contributed by atoms with Gasteiger partial charge in [0.05, 0.1) is 12.6 Å². The SMILES string of the molecule is C[C@H](CO)NC1c2ccccc2CCc2ccccc21. The third-order valence-electron chi connectivity index (χ3n) is 4.12. The molecule has 0 saturated heterocycles. The van der Waals surface area contributed by atoms with Crippen molar-refractivity contribution in [1.82, 2.24) is 5.32 Å². The molecule has 2 N–H and O–H groups in total. The monoisotopic (exact) mass is 267 g/mol. The summed E-state index contributed by atoms with van der Waals surface area (Å²) in [7, 11) is 0. The van der Waals surface area contributed by atoms with Gasteiger partial charge in [0.2, 0.25) is 0 Å². The van der Waals surface area contributed by atoms with E-state index < -0.39 is 0 Å². The zero-order valence-corrected chi connectivity index (χ0v) is 11.8. The minimum absolute atomic E-state index is 0.0826. The minimum atomic E-state index is 0.0826. The van der Waals surface area contributed by atoms with Crippen LogP contribution in [0.1, 0.15) is 35.2 Å². The average Bonchev–Trinajstić information content (AvgIpc) is 2.65. The highest BCUT2D eigenvalue weighted by molar-refractivity contribution is 5.44. The van der Waals surface area contributed by atoms with E-state index in [0.717, 1.165) is 12.8 Å². The van der Waals surface area contributed by atoms with Crippen LogP contribution < -0.4 is 5.32 Å². The van der Waals surface area contributed by atoms with Gasteiger partial charge < -0.3 is 10.4 Å². The molecule has 0 bridgehead atoms. The first-order chi connectivity index (χ1) is 9.79. The van der Waals surface area contributed by atoms with Crippen LogP contribution in [0.3, 0.4) is 0 Å². The molecule has 0 unspecified atom stereocenters. The Balaban J connectivity index is 2.09. The number of hydrogen-bond donors (Lipinski definition) is 2. The van der Waals surface area contributed by atoms with Crippen molar-refractivity contribution in [2.45, 2.75) is 31.8 Å². The Kier molecular flexibility index (Phi) is 3.86. The lowest BCUT2D eigenvalue weighted by molar-refractivity contribution is 0.245. The van der Waals surface area contributed by atoms with E-state index in [2.05, 4.69) is 53.8 Å². The Labute approximate surface area is 120 Å². The second kappa shape index (κ2) is 5.78. The minimum Gasteiger partial charge on any atom is -0.395 e. The maximum atomic E-state index is 9.37. The number of hydrogen-bond acceptors (Lipinski definition) is 2. The summed E-state index contributed by atoms with van der Waals surface area (Å²) in [5.41, 5.74) is 5.51.